The highest BCUT2D eigenvalue weighted by Crippen LogP contribution is 2.10. The molecule has 1 heterocycles. The molecule has 0 radical (unpaired) electrons. The average Bonchev–Trinajstić information content (AvgIpc) is 2.38. The number of pyridine rings is 1. The minimum atomic E-state index is -0.216. The van der Waals surface area contributed by atoms with Gasteiger partial charge in [-0.15, -0.1) is 0 Å². The maximum absolute atomic E-state index is 11.8. The number of nitrogens with zero attached hydrogens (tertiary/aromatic N) is 1. The number of amides is 1. The van der Waals surface area contributed by atoms with Crippen molar-refractivity contribution in [2.24, 2.45) is 0 Å². The number of phenols is 1. The fourth-order valence-electron chi connectivity index (χ4n) is 1.53. The van der Waals surface area contributed by atoms with Gasteiger partial charge in [0.05, 0.1) is 0 Å². The van der Waals surface area contributed by atoms with Gasteiger partial charge in [-0.3, -0.25) is 9.78 Å². The first-order chi connectivity index (χ1) is 8.65. The van der Waals surface area contributed by atoms with Crippen LogP contribution >= 0.6 is 0 Å². The van der Waals surface area contributed by atoms with Gasteiger partial charge in [0, 0.05) is 24.0 Å². The number of hydrogen-bond donors (Lipinski definition) is 2. The fourth-order valence-corrected chi connectivity index (χ4v) is 1.53. The third kappa shape index (κ3) is 3.07. The van der Waals surface area contributed by atoms with Crippen LogP contribution in [0, 0.1) is 6.92 Å². The first kappa shape index (κ1) is 12.1. The van der Waals surface area contributed by atoms with E-state index in [0.717, 1.165) is 11.3 Å². The summed E-state index contributed by atoms with van der Waals surface area (Å²) >= 11 is 0. The Hall–Kier alpha value is -2.36. The second-order valence-corrected chi connectivity index (χ2v) is 4.04. The van der Waals surface area contributed by atoms with Crippen LogP contribution < -0.4 is 5.32 Å². The Labute approximate surface area is 105 Å². The number of phenolic OH excluding ortho intramolecular Hbond substituents is 1. The number of carbonyl (C=O) groups is 1. The first-order valence-corrected chi connectivity index (χ1v) is 5.64. The second kappa shape index (κ2) is 5.31. The number of benzene rings is 1. The molecule has 0 aliphatic rings. The quantitative estimate of drug-likeness (QED) is 0.865. The van der Waals surface area contributed by atoms with Gasteiger partial charge in [0.2, 0.25) is 0 Å². The number of hydrogen-bond acceptors (Lipinski definition) is 3. The molecule has 2 N–H and O–H groups in total. The zero-order valence-electron chi connectivity index (χ0n) is 10.1. The summed E-state index contributed by atoms with van der Waals surface area (Å²) < 4.78 is 0. The van der Waals surface area contributed by atoms with Crippen LogP contribution in [-0.2, 0) is 6.54 Å². The van der Waals surface area contributed by atoms with E-state index in [0.29, 0.717) is 12.1 Å². The zero-order valence-corrected chi connectivity index (χ0v) is 10.1. The molecule has 0 aliphatic heterocycles. The number of rotatable bonds is 3. The van der Waals surface area contributed by atoms with Crippen molar-refractivity contribution in [2.45, 2.75) is 13.5 Å². The molecular formula is C14H14N2O2. The molecule has 18 heavy (non-hydrogen) atoms. The van der Waals surface area contributed by atoms with Crippen LogP contribution in [0.3, 0.4) is 0 Å². The Morgan fingerprint density at radius 2 is 2.17 bits per heavy atom. The highest BCUT2D eigenvalue weighted by molar-refractivity contribution is 5.94. The van der Waals surface area contributed by atoms with Crippen LogP contribution in [-0.4, -0.2) is 16.0 Å². The van der Waals surface area contributed by atoms with Crippen molar-refractivity contribution in [2.75, 3.05) is 0 Å². The number of aromatic nitrogens is 1. The third-order valence-corrected chi connectivity index (χ3v) is 2.53. The van der Waals surface area contributed by atoms with Crippen molar-refractivity contribution in [1.82, 2.24) is 10.3 Å². The number of nitrogens with one attached hydrogen (secondary N) is 1. The van der Waals surface area contributed by atoms with E-state index in [1.807, 2.05) is 19.1 Å². The normalized spacial score (nSPS) is 10.1. The average molecular weight is 242 g/mol. The predicted molar refractivity (Wildman–Crippen MR) is 68.3 cm³/mol. The molecule has 1 aromatic heterocycles. The molecule has 2 rings (SSSR count). The highest BCUT2D eigenvalue weighted by atomic mass is 16.3. The Morgan fingerprint density at radius 3 is 2.83 bits per heavy atom. The van der Waals surface area contributed by atoms with E-state index in [-0.39, 0.29) is 11.7 Å². The van der Waals surface area contributed by atoms with Crippen molar-refractivity contribution < 1.29 is 9.90 Å². The van der Waals surface area contributed by atoms with Crippen LogP contribution in [0.25, 0.3) is 0 Å². The maximum Gasteiger partial charge on any atom is 0.251 e. The molecule has 0 unspecified atom stereocenters. The lowest BCUT2D eigenvalue weighted by atomic mass is 10.2. The molecule has 0 fully saturated rings. The lowest BCUT2D eigenvalue weighted by Crippen LogP contribution is -2.22. The summed E-state index contributed by atoms with van der Waals surface area (Å²) in [6, 6.07) is 10.1. The number of aromatic hydroxyl groups is 1. The summed E-state index contributed by atoms with van der Waals surface area (Å²) in [7, 11) is 0. The molecule has 0 saturated carbocycles. The van der Waals surface area contributed by atoms with E-state index in [9.17, 15) is 9.90 Å². The van der Waals surface area contributed by atoms with E-state index in [2.05, 4.69) is 10.3 Å². The highest BCUT2D eigenvalue weighted by Gasteiger charge is 2.05. The van der Waals surface area contributed by atoms with Gasteiger partial charge < -0.3 is 10.4 Å². The summed E-state index contributed by atoms with van der Waals surface area (Å²) in [4.78, 5) is 15.9. The van der Waals surface area contributed by atoms with Gasteiger partial charge in [-0.25, -0.2) is 0 Å². The summed E-state index contributed by atoms with van der Waals surface area (Å²) in [5, 5.41) is 12.1. The molecule has 0 aliphatic carbocycles. The molecular weight excluding hydrogens is 228 g/mol. The minimum absolute atomic E-state index is 0.0830. The maximum atomic E-state index is 11.8. The van der Waals surface area contributed by atoms with Crippen molar-refractivity contribution in [3.05, 3.63) is 59.4 Å². The van der Waals surface area contributed by atoms with Crippen LogP contribution in [0.4, 0.5) is 0 Å². The molecule has 0 atom stereocenters. The number of carbonyl (C=O) groups excluding carboxylic acids is 1. The van der Waals surface area contributed by atoms with Gasteiger partial charge in [0.25, 0.3) is 5.91 Å². The van der Waals surface area contributed by atoms with Crippen molar-refractivity contribution in [3.8, 4) is 5.75 Å². The molecule has 1 aromatic carbocycles. The van der Waals surface area contributed by atoms with Gasteiger partial charge in [-0.1, -0.05) is 12.1 Å². The zero-order chi connectivity index (χ0) is 13.0. The minimum Gasteiger partial charge on any atom is -0.508 e. The molecule has 4 nitrogen and oxygen atoms in total. The Morgan fingerprint density at radius 1 is 1.33 bits per heavy atom. The van der Waals surface area contributed by atoms with E-state index >= 15 is 0 Å². The summed E-state index contributed by atoms with van der Waals surface area (Å²) in [5.41, 5.74) is 2.32. The van der Waals surface area contributed by atoms with Crippen LogP contribution in [0.1, 0.15) is 21.6 Å². The van der Waals surface area contributed by atoms with Gasteiger partial charge in [0.15, 0.2) is 0 Å². The van der Waals surface area contributed by atoms with Crippen LogP contribution in [0.2, 0.25) is 0 Å². The molecule has 92 valence electrons. The lowest BCUT2D eigenvalue weighted by molar-refractivity contribution is 0.0950. The standard InChI is InChI=1S/C14H14N2O2/c1-10-5-6-11(8-15-10)9-16-14(18)12-3-2-4-13(17)7-12/h2-8,17H,9H2,1H3,(H,16,18). The smallest absolute Gasteiger partial charge is 0.251 e. The Bertz CT molecular complexity index is 550. The van der Waals surface area contributed by atoms with Gasteiger partial charge in [-0.05, 0) is 36.8 Å². The van der Waals surface area contributed by atoms with E-state index < -0.39 is 0 Å². The molecule has 0 bridgehead atoms. The van der Waals surface area contributed by atoms with Crippen molar-refractivity contribution in [3.63, 3.8) is 0 Å². The van der Waals surface area contributed by atoms with Crippen molar-refractivity contribution in [1.29, 1.82) is 0 Å². The molecule has 0 spiro atoms. The lowest BCUT2D eigenvalue weighted by Gasteiger charge is -2.05. The Balaban J connectivity index is 1.98. The van der Waals surface area contributed by atoms with E-state index in [1.54, 1.807) is 18.3 Å². The largest absolute Gasteiger partial charge is 0.508 e. The topological polar surface area (TPSA) is 62.2 Å². The molecule has 1 amide bonds. The summed E-state index contributed by atoms with van der Waals surface area (Å²) in [5.74, 6) is -0.133. The first-order valence-electron chi connectivity index (χ1n) is 5.64. The third-order valence-electron chi connectivity index (χ3n) is 2.53. The molecule has 4 heteroatoms. The van der Waals surface area contributed by atoms with Gasteiger partial charge in [0.1, 0.15) is 5.75 Å². The Kier molecular flexibility index (Phi) is 3.57. The van der Waals surface area contributed by atoms with Crippen molar-refractivity contribution >= 4 is 5.91 Å². The number of aryl methyl sites for hydroxylation is 1. The summed E-state index contributed by atoms with van der Waals surface area (Å²) in [6.45, 7) is 2.33. The SMILES string of the molecule is Cc1ccc(CNC(=O)c2cccc(O)c2)cn1. The second-order valence-electron chi connectivity index (χ2n) is 4.04. The fraction of sp³-hybridized carbons (Fsp3) is 0.143. The van der Waals surface area contributed by atoms with Gasteiger partial charge >= 0.3 is 0 Å². The molecule has 2 aromatic rings. The monoisotopic (exact) mass is 242 g/mol. The summed E-state index contributed by atoms with van der Waals surface area (Å²) in [6.07, 6.45) is 1.73. The predicted octanol–water partition coefficient (Wildman–Crippen LogP) is 2.03. The van der Waals surface area contributed by atoms with Crippen LogP contribution in [0.5, 0.6) is 5.75 Å². The van der Waals surface area contributed by atoms with E-state index in [1.165, 1.54) is 12.1 Å². The molecule has 0 saturated heterocycles. The van der Waals surface area contributed by atoms with Gasteiger partial charge in [-0.2, -0.15) is 0 Å². The van der Waals surface area contributed by atoms with E-state index in [4.69, 9.17) is 0 Å². The van der Waals surface area contributed by atoms with Crippen LogP contribution in [0.15, 0.2) is 42.6 Å².